The first-order valence-corrected chi connectivity index (χ1v) is 6.77. The van der Waals surface area contributed by atoms with Gasteiger partial charge in [0.25, 0.3) is 0 Å². The van der Waals surface area contributed by atoms with Crippen LogP contribution in [0.25, 0.3) is 0 Å². The molecule has 4 heteroatoms. The molecule has 0 aliphatic heterocycles. The smallest absolute Gasteiger partial charge is 0.219 e. The number of rotatable bonds is 6. The summed E-state index contributed by atoms with van der Waals surface area (Å²) in [5.41, 5.74) is 7.75. The summed E-state index contributed by atoms with van der Waals surface area (Å²) in [6.07, 6.45) is 1.95. The number of nitrogens with zero attached hydrogens (tertiary/aromatic N) is 1. The molecule has 0 atom stereocenters. The van der Waals surface area contributed by atoms with Gasteiger partial charge >= 0.3 is 0 Å². The van der Waals surface area contributed by atoms with Crippen LogP contribution in [0.2, 0.25) is 0 Å². The van der Waals surface area contributed by atoms with E-state index in [0.29, 0.717) is 23.9 Å². The lowest BCUT2D eigenvalue weighted by Crippen LogP contribution is -2.01. The second-order valence-electron chi connectivity index (χ2n) is 4.51. The van der Waals surface area contributed by atoms with Crippen LogP contribution in [0.4, 0.5) is 0 Å². The van der Waals surface area contributed by atoms with Crippen LogP contribution in [0.1, 0.15) is 24.6 Å². The Hall–Kier alpha value is -2.07. The number of para-hydroxylation sites is 2. The molecule has 0 saturated heterocycles. The Bertz CT molecular complexity index is 570. The minimum absolute atomic E-state index is 0.474. The number of aromatic nitrogens is 1. The molecule has 0 bridgehead atoms. The van der Waals surface area contributed by atoms with Crippen molar-refractivity contribution in [1.82, 2.24) is 4.98 Å². The molecular weight excluding hydrogens is 252 g/mol. The van der Waals surface area contributed by atoms with Crippen molar-refractivity contribution in [2.75, 3.05) is 7.11 Å². The fourth-order valence-corrected chi connectivity index (χ4v) is 1.99. The maximum atomic E-state index is 5.84. The van der Waals surface area contributed by atoms with Crippen molar-refractivity contribution in [3.8, 4) is 17.4 Å². The number of benzene rings is 1. The van der Waals surface area contributed by atoms with Gasteiger partial charge in [-0.1, -0.05) is 25.5 Å². The van der Waals surface area contributed by atoms with Crippen LogP contribution in [0.15, 0.2) is 36.4 Å². The zero-order valence-corrected chi connectivity index (χ0v) is 11.9. The van der Waals surface area contributed by atoms with Crippen molar-refractivity contribution < 1.29 is 9.47 Å². The fourth-order valence-electron chi connectivity index (χ4n) is 1.99. The molecule has 0 radical (unpaired) electrons. The highest BCUT2D eigenvalue weighted by atomic mass is 16.5. The van der Waals surface area contributed by atoms with Crippen molar-refractivity contribution in [1.29, 1.82) is 0 Å². The lowest BCUT2D eigenvalue weighted by molar-refractivity contribution is 0.373. The second-order valence-corrected chi connectivity index (χ2v) is 4.51. The number of aryl methyl sites for hydroxylation is 1. The lowest BCUT2D eigenvalue weighted by Gasteiger charge is -2.11. The molecule has 20 heavy (non-hydrogen) atoms. The van der Waals surface area contributed by atoms with Gasteiger partial charge in [0.15, 0.2) is 11.5 Å². The van der Waals surface area contributed by atoms with Crippen LogP contribution >= 0.6 is 0 Å². The summed E-state index contributed by atoms with van der Waals surface area (Å²) in [5.74, 6) is 1.89. The molecular formula is C16H20N2O2. The van der Waals surface area contributed by atoms with Gasteiger partial charge in [-0.05, 0) is 30.2 Å². The SMILES string of the molecule is CCCc1cc(CN)cc(Oc2ccccc2OC)n1. The molecule has 2 N–H and O–H groups in total. The number of methoxy groups -OCH3 is 1. The summed E-state index contributed by atoms with van der Waals surface area (Å²) in [7, 11) is 1.62. The molecule has 1 aromatic heterocycles. The highest BCUT2D eigenvalue weighted by Gasteiger charge is 2.07. The molecule has 0 amide bonds. The van der Waals surface area contributed by atoms with E-state index < -0.39 is 0 Å². The molecule has 1 heterocycles. The van der Waals surface area contributed by atoms with E-state index in [1.807, 2.05) is 36.4 Å². The quantitative estimate of drug-likeness (QED) is 0.876. The summed E-state index contributed by atoms with van der Waals surface area (Å²) in [5, 5.41) is 0. The average Bonchev–Trinajstić information content (AvgIpc) is 2.48. The molecule has 1 aromatic carbocycles. The van der Waals surface area contributed by atoms with Crippen LogP contribution in [0.5, 0.6) is 17.4 Å². The Morgan fingerprint density at radius 1 is 1.15 bits per heavy atom. The van der Waals surface area contributed by atoms with Gasteiger partial charge in [-0.2, -0.15) is 0 Å². The molecule has 2 aromatic rings. The number of pyridine rings is 1. The summed E-state index contributed by atoms with van der Waals surface area (Å²) in [6.45, 7) is 2.60. The van der Waals surface area contributed by atoms with Gasteiger partial charge in [0.05, 0.1) is 7.11 Å². The van der Waals surface area contributed by atoms with E-state index in [9.17, 15) is 0 Å². The van der Waals surface area contributed by atoms with E-state index in [1.54, 1.807) is 7.11 Å². The Morgan fingerprint density at radius 3 is 2.55 bits per heavy atom. The van der Waals surface area contributed by atoms with Gasteiger partial charge in [0.1, 0.15) is 0 Å². The molecule has 2 rings (SSSR count). The summed E-state index contributed by atoms with van der Waals surface area (Å²) in [4.78, 5) is 4.51. The molecule has 4 nitrogen and oxygen atoms in total. The molecule has 0 spiro atoms. The van der Waals surface area contributed by atoms with E-state index in [-0.39, 0.29) is 0 Å². The van der Waals surface area contributed by atoms with Crippen molar-refractivity contribution in [2.45, 2.75) is 26.3 Å². The summed E-state index contributed by atoms with van der Waals surface area (Å²) < 4.78 is 11.1. The Morgan fingerprint density at radius 2 is 1.90 bits per heavy atom. The largest absolute Gasteiger partial charge is 0.493 e. The van der Waals surface area contributed by atoms with E-state index >= 15 is 0 Å². The first-order chi connectivity index (χ1) is 9.76. The highest BCUT2D eigenvalue weighted by Crippen LogP contribution is 2.30. The van der Waals surface area contributed by atoms with Gasteiger partial charge in [0, 0.05) is 18.3 Å². The Labute approximate surface area is 119 Å². The van der Waals surface area contributed by atoms with Crippen molar-refractivity contribution in [3.63, 3.8) is 0 Å². The number of hydrogen-bond donors (Lipinski definition) is 1. The van der Waals surface area contributed by atoms with E-state index in [2.05, 4.69) is 11.9 Å². The second kappa shape index (κ2) is 6.91. The Balaban J connectivity index is 2.30. The number of nitrogens with two attached hydrogens (primary N) is 1. The zero-order valence-electron chi connectivity index (χ0n) is 11.9. The summed E-state index contributed by atoms with van der Waals surface area (Å²) >= 11 is 0. The minimum Gasteiger partial charge on any atom is -0.493 e. The molecule has 0 aliphatic rings. The third kappa shape index (κ3) is 3.48. The monoisotopic (exact) mass is 272 g/mol. The first-order valence-electron chi connectivity index (χ1n) is 6.77. The maximum absolute atomic E-state index is 5.84. The van der Waals surface area contributed by atoms with Crippen LogP contribution < -0.4 is 15.2 Å². The minimum atomic E-state index is 0.474. The molecule has 0 unspecified atom stereocenters. The predicted molar refractivity (Wildman–Crippen MR) is 79.2 cm³/mol. The van der Waals surface area contributed by atoms with Crippen molar-refractivity contribution in [2.24, 2.45) is 5.73 Å². The lowest BCUT2D eigenvalue weighted by atomic mass is 10.1. The molecule has 0 saturated carbocycles. The highest BCUT2D eigenvalue weighted by molar-refractivity contribution is 5.42. The topological polar surface area (TPSA) is 57.4 Å². The predicted octanol–water partition coefficient (Wildman–Crippen LogP) is 3.29. The fraction of sp³-hybridized carbons (Fsp3) is 0.312. The van der Waals surface area contributed by atoms with Crippen LogP contribution in [0.3, 0.4) is 0 Å². The standard InChI is InChI=1S/C16H20N2O2/c1-3-6-13-9-12(11-17)10-16(18-13)20-15-8-5-4-7-14(15)19-2/h4-5,7-10H,3,6,11,17H2,1-2H3. The number of hydrogen-bond acceptors (Lipinski definition) is 4. The number of ether oxygens (including phenoxy) is 2. The third-order valence-corrected chi connectivity index (χ3v) is 2.94. The van der Waals surface area contributed by atoms with Crippen LogP contribution in [-0.4, -0.2) is 12.1 Å². The van der Waals surface area contributed by atoms with E-state index in [4.69, 9.17) is 15.2 Å². The average molecular weight is 272 g/mol. The van der Waals surface area contributed by atoms with Crippen LogP contribution in [-0.2, 0) is 13.0 Å². The van der Waals surface area contributed by atoms with Gasteiger partial charge in [0.2, 0.25) is 5.88 Å². The molecule has 106 valence electrons. The van der Waals surface area contributed by atoms with Crippen molar-refractivity contribution >= 4 is 0 Å². The van der Waals surface area contributed by atoms with Gasteiger partial charge < -0.3 is 15.2 Å². The zero-order chi connectivity index (χ0) is 14.4. The summed E-state index contributed by atoms with van der Waals surface area (Å²) in [6, 6.07) is 11.4. The molecule has 0 fully saturated rings. The van der Waals surface area contributed by atoms with E-state index in [1.165, 1.54) is 0 Å². The normalized spacial score (nSPS) is 10.3. The third-order valence-electron chi connectivity index (χ3n) is 2.94. The van der Waals surface area contributed by atoms with Crippen LogP contribution in [0, 0.1) is 0 Å². The van der Waals surface area contributed by atoms with Gasteiger partial charge in [-0.25, -0.2) is 4.98 Å². The van der Waals surface area contributed by atoms with Gasteiger partial charge in [-0.15, -0.1) is 0 Å². The first kappa shape index (κ1) is 14.3. The van der Waals surface area contributed by atoms with Gasteiger partial charge in [-0.3, -0.25) is 0 Å². The van der Waals surface area contributed by atoms with E-state index in [0.717, 1.165) is 24.1 Å². The molecule has 0 aliphatic carbocycles. The Kier molecular flexibility index (Phi) is 4.96. The maximum Gasteiger partial charge on any atom is 0.219 e. The van der Waals surface area contributed by atoms with Crippen molar-refractivity contribution in [3.05, 3.63) is 47.7 Å².